The van der Waals surface area contributed by atoms with Gasteiger partial charge in [0.25, 0.3) is 11.2 Å². The van der Waals surface area contributed by atoms with Crippen LogP contribution in [-0.4, -0.2) is 46.1 Å². The summed E-state index contributed by atoms with van der Waals surface area (Å²) in [4.78, 5) is 0. The zero-order valence-electron chi connectivity index (χ0n) is 14.8. The van der Waals surface area contributed by atoms with Crippen LogP contribution in [0.4, 0.5) is 52.7 Å². The zero-order valence-corrected chi connectivity index (χ0v) is 14.8. The number of alkyl halides is 12. The molecule has 0 atom stereocenters. The Morgan fingerprint density at radius 3 is 0.933 bits per heavy atom. The average molecular weight is 468 g/mol. The minimum Gasteiger partial charge on any atom is -0.373 e. The zero-order chi connectivity index (χ0) is 23.4. The van der Waals surface area contributed by atoms with Gasteiger partial charge in [0.1, 0.15) is 0 Å². The monoisotopic (exact) mass is 468 g/mol. The molecule has 4 bridgehead atoms. The molecule has 0 unspecified atom stereocenters. The minimum atomic E-state index is -6.41. The fourth-order valence-corrected chi connectivity index (χ4v) is 6.63. The first-order valence-electron chi connectivity index (χ1n) is 8.79. The normalized spacial score (nSPS) is 35.8. The topological polar surface area (TPSA) is 40.5 Å². The van der Waals surface area contributed by atoms with Gasteiger partial charge in [0.05, 0.1) is 0 Å². The third-order valence-electron chi connectivity index (χ3n) is 7.24. The van der Waals surface area contributed by atoms with Crippen LogP contribution < -0.4 is 0 Å². The highest BCUT2D eigenvalue weighted by atomic mass is 19.4. The summed E-state index contributed by atoms with van der Waals surface area (Å²) < 4.78 is 162. The van der Waals surface area contributed by atoms with Crippen molar-refractivity contribution in [2.24, 2.45) is 22.7 Å². The molecule has 14 heteroatoms. The molecule has 4 rings (SSSR count). The number of aliphatic hydroxyl groups is 2. The van der Waals surface area contributed by atoms with Crippen LogP contribution in [0.15, 0.2) is 0 Å². The van der Waals surface area contributed by atoms with Crippen molar-refractivity contribution in [3.63, 3.8) is 0 Å². The van der Waals surface area contributed by atoms with E-state index >= 15 is 0 Å². The van der Waals surface area contributed by atoms with E-state index in [0.717, 1.165) is 0 Å². The Kier molecular flexibility index (Phi) is 4.67. The molecule has 176 valence electrons. The van der Waals surface area contributed by atoms with Crippen LogP contribution in [0.3, 0.4) is 0 Å². The lowest BCUT2D eigenvalue weighted by Gasteiger charge is -2.68. The molecular weight excluding hydrogens is 452 g/mol. The van der Waals surface area contributed by atoms with Crippen molar-refractivity contribution in [1.82, 2.24) is 0 Å². The van der Waals surface area contributed by atoms with E-state index in [9.17, 15) is 62.9 Å². The van der Waals surface area contributed by atoms with Crippen LogP contribution in [0.1, 0.15) is 38.5 Å². The maximum Gasteiger partial charge on any atom is 0.426 e. The standard InChI is InChI=1S/C16H16F12O2/c17-13(18,19)11(29,14(20,21)22)9-2-7-1-8(4-9)5-10(3-7,6-9)12(30,15(23,24)25)16(26,27)28/h7-8,29-30H,1-6H2. The van der Waals surface area contributed by atoms with Gasteiger partial charge in [0.15, 0.2) is 0 Å². The summed E-state index contributed by atoms with van der Waals surface area (Å²) in [5.41, 5.74) is -17.8. The molecule has 4 aliphatic rings. The number of halogens is 12. The van der Waals surface area contributed by atoms with Crippen molar-refractivity contribution in [3.05, 3.63) is 0 Å². The molecule has 2 N–H and O–H groups in total. The Labute approximate surface area is 161 Å². The van der Waals surface area contributed by atoms with Gasteiger partial charge in [0.2, 0.25) is 0 Å². The third-order valence-corrected chi connectivity index (χ3v) is 7.24. The van der Waals surface area contributed by atoms with Crippen LogP contribution >= 0.6 is 0 Å². The van der Waals surface area contributed by atoms with Crippen molar-refractivity contribution in [2.75, 3.05) is 0 Å². The number of hydrogen-bond donors (Lipinski definition) is 2. The summed E-state index contributed by atoms with van der Waals surface area (Å²) in [5.74, 6) is -2.75. The van der Waals surface area contributed by atoms with Crippen molar-refractivity contribution < 1.29 is 62.9 Å². The molecule has 4 fully saturated rings. The van der Waals surface area contributed by atoms with Gasteiger partial charge in [-0.25, -0.2) is 0 Å². The molecule has 2 nitrogen and oxygen atoms in total. The lowest BCUT2D eigenvalue weighted by molar-refractivity contribution is -0.449. The van der Waals surface area contributed by atoms with E-state index in [-0.39, 0.29) is 6.42 Å². The lowest BCUT2D eigenvalue weighted by atomic mass is 9.37. The SMILES string of the molecule is OC(C(F)(F)F)(C(F)(F)F)C12CC3CC(C1)CC(C(O)(C(F)(F)F)C(F)(F)F)(C3)C2. The Hall–Kier alpha value is -0.920. The Bertz CT molecular complexity index is 603. The Balaban J connectivity index is 2.27. The quantitative estimate of drug-likeness (QED) is 0.542. The number of rotatable bonds is 2. The van der Waals surface area contributed by atoms with Gasteiger partial charge in [0, 0.05) is 10.8 Å². The largest absolute Gasteiger partial charge is 0.426 e. The van der Waals surface area contributed by atoms with Crippen molar-refractivity contribution in [3.8, 4) is 0 Å². The Morgan fingerprint density at radius 2 is 0.733 bits per heavy atom. The lowest BCUT2D eigenvalue weighted by Crippen LogP contribution is -2.77. The first-order valence-corrected chi connectivity index (χ1v) is 8.79. The molecule has 0 aliphatic heterocycles. The van der Waals surface area contributed by atoms with Crippen molar-refractivity contribution >= 4 is 0 Å². The summed E-state index contributed by atoms with van der Waals surface area (Å²) >= 11 is 0. The van der Waals surface area contributed by atoms with Gasteiger partial charge in [-0.05, 0) is 50.4 Å². The highest BCUT2D eigenvalue weighted by Gasteiger charge is 2.87. The van der Waals surface area contributed by atoms with Gasteiger partial charge in [-0.2, -0.15) is 52.7 Å². The molecule has 0 heterocycles. The van der Waals surface area contributed by atoms with E-state index in [1.807, 2.05) is 0 Å². The van der Waals surface area contributed by atoms with Crippen LogP contribution in [0.25, 0.3) is 0 Å². The smallest absolute Gasteiger partial charge is 0.373 e. The Morgan fingerprint density at radius 1 is 0.500 bits per heavy atom. The maximum atomic E-state index is 13.5. The predicted octanol–water partition coefficient (Wildman–Crippen LogP) is 5.28. The van der Waals surface area contributed by atoms with Crippen LogP contribution in [0, 0.1) is 22.7 Å². The van der Waals surface area contributed by atoms with E-state index < -0.39 is 90.7 Å². The van der Waals surface area contributed by atoms with Crippen LogP contribution in [0.5, 0.6) is 0 Å². The molecule has 0 saturated heterocycles. The van der Waals surface area contributed by atoms with E-state index in [4.69, 9.17) is 0 Å². The molecule has 0 aromatic heterocycles. The van der Waals surface area contributed by atoms with Gasteiger partial charge in [-0.15, -0.1) is 0 Å². The van der Waals surface area contributed by atoms with Crippen molar-refractivity contribution in [2.45, 2.75) is 74.4 Å². The number of hydrogen-bond acceptors (Lipinski definition) is 2. The summed E-state index contributed by atoms with van der Waals surface area (Å²) in [6.45, 7) is 0. The first kappa shape index (κ1) is 23.7. The second-order valence-electron chi connectivity index (χ2n) is 8.93. The first-order chi connectivity index (χ1) is 13.1. The summed E-state index contributed by atoms with van der Waals surface area (Å²) in [6, 6.07) is 0. The van der Waals surface area contributed by atoms with Gasteiger partial charge in [-0.1, -0.05) is 0 Å². The molecule has 4 aliphatic carbocycles. The average Bonchev–Trinajstić information content (AvgIpc) is 2.47. The molecule has 0 aromatic rings. The fraction of sp³-hybridized carbons (Fsp3) is 1.00. The summed E-state index contributed by atoms with van der Waals surface area (Å²) in [7, 11) is 0. The predicted molar refractivity (Wildman–Crippen MR) is 73.7 cm³/mol. The second-order valence-corrected chi connectivity index (χ2v) is 8.93. The van der Waals surface area contributed by atoms with Crippen LogP contribution in [-0.2, 0) is 0 Å². The van der Waals surface area contributed by atoms with Crippen LogP contribution in [0.2, 0.25) is 0 Å². The molecule has 4 saturated carbocycles. The third kappa shape index (κ3) is 2.67. The van der Waals surface area contributed by atoms with E-state index in [0.29, 0.717) is 0 Å². The fourth-order valence-electron chi connectivity index (χ4n) is 6.63. The maximum absolute atomic E-state index is 13.5. The highest BCUT2D eigenvalue weighted by Crippen LogP contribution is 2.76. The van der Waals surface area contributed by atoms with E-state index in [1.54, 1.807) is 0 Å². The van der Waals surface area contributed by atoms with Gasteiger partial charge < -0.3 is 10.2 Å². The molecule has 0 radical (unpaired) electrons. The summed E-state index contributed by atoms with van der Waals surface area (Å²) in [6.07, 6.45) is -31.9. The highest BCUT2D eigenvalue weighted by molar-refractivity contribution is 5.23. The molecular formula is C16H16F12O2. The van der Waals surface area contributed by atoms with Gasteiger partial charge in [-0.3, -0.25) is 0 Å². The van der Waals surface area contributed by atoms with Crippen molar-refractivity contribution in [1.29, 1.82) is 0 Å². The second kappa shape index (κ2) is 5.90. The summed E-state index contributed by atoms with van der Waals surface area (Å²) in [5, 5.41) is 19.9. The van der Waals surface area contributed by atoms with E-state index in [1.165, 1.54) is 0 Å². The minimum absolute atomic E-state index is 0.179. The molecule has 0 spiro atoms. The van der Waals surface area contributed by atoms with E-state index in [2.05, 4.69) is 0 Å². The molecule has 30 heavy (non-hydrogen) atoms. The molecule has 0 aromatic carbocycles. The molecule has 0 amide bonds. The van der Waals surface area contributed by atoms with Gasteiger partial charge >= 0.3 is 24.7 Å².